The molecule has 0 amide bonds. The minimum atomic E-state index is -1.11. The molecule has 0 spiro atoms. The summed E-state index contributed by atoms with van der Waals surface area (Å²) in [7, 11) is 2.11. The minimum absolute atomic E-state index is 0.363. The van der Waals surface area contributed by atoms with Crippen LogP contribution in [-0.4, -0.2) is 35.3 Å². The van der Waals surface area contributed by atoms with Crippen molar-refractivity contribution in [1.82, 2.24) is 4.90 Å². The van der Waals surface area contributed by atoms with Crippen LogP contribution in [0.25, 0.3) is 0 Å². The molecule has 0 aromatic heterocycles. The topological polar surface area (TPSA) is 35.6 Å². The molecule has 1 aromatic carbocycles. The van der Waals surface area contributed by atoms with Crippen molar-refractivity contribution >= 4 is 22.5 Å². The monoisotopic (exact) mass is 237 g/mol. The third-order valence-corrected chi connectivity index (χ3v) is 4.46. The van der Waals surface area contributed by atoms with E-state index in [1.54, 1.807) is 0 Å². The summed E-state index contributed by atoms with van der Waals surface area (Å²) >= 11 is -1.11. The molecule has 86 valence electrons. The van der Waals surface area contributed by atoms with Crippen molar-refractivity contribution in [3.05, 3.63) is 24.3 Å². The van der Waals surface area contributed by atoms with E-state index in [-0.39, 0.29) is 0 Å². The van der Waals surface area contributed by atoms with E-state index in [1.165, 1.54) is 0 Å². The molecule has 1 N–H and O–H groups in total. The summed E-state index contributed by atoms with van der Waals surface area (Å²) in [4.78, 5) is 2.28. The zero-order chi connectivity index (χ0) is 11.1. The van der Waals surface area contributed by atoms with E-state index in [2.05, 4.69) is 16.7 Å². The van der Waals surface area contributed by atoms with E-state index in [4.69, 9.17) is 0 Å². The van der Waals surface area contributed by atoms with Crippen LogP contribution < -0.4 is 9.03 Å². The average Bonchev–Trinajstić information content (AvgIpc) is 2.80. The van der Waals surface area contributed by atoms with Crippen molar-refractivity contribution in [1.29, 1.82) is 0 Å². The summed E-state index contributed by atoms with van der Waals surface area (Å²) in [5.41, 5.74) is 2.05. The first-order chi connectivity index (χ1) is 7.75. The highest BCUT2D eigenvalue weighted by atomic mass is 32.2. The lowest BCUT2D eigenvalue weighted by atomic mass is 10.2. The summed E-state index contributed by atoms with van der Waals surface area (Å²) in [6.45, 7) is 2.07. The van der Waals surface area contributed by atoms with Crippen molar-refractivity contribution in [3.8, 4) is 0 Å². The summed E-state index contributed by atoms with van der Waals surface area (Å²) < 4.78 is 17.1. The first kappa shape index (κ1) is 10.1. The Bertz CT molecular complexity index is 437. The fraction of sp³-hybridized carbons (Fsp3) is 0.455. The summed E-state index contributed by atoms with van der Waals surface area (Å²) in [6.07, 6.45) is 1.08. The third kappa shape index (κ3) is 1.51. The molecular formula is C11H15N3OS. The van der Waals surface area contributed by atoms with E-state index in [9.17, 15) is 4.21 Å². The zero-order valence-electron chi connectivity index (χ0n) is 9.22. The summed E-state index contributed by atoms with van der Waals surface area (Å²) in [5.74, 6) is 0. The number of nitrogens with zero attached hydrogens (tertiary/aromatic N) is 2. The van der Waals surface area contributed by atoms with Crippen LogP contribution in [0.15, 0.2) is 24.3 Å². The summed E-state index contributed by atoms with van der Waals surface area (Å²) in [6, 6.07) is 8.33. The smallest absolute Gasteiger partial charge is 0.223 e. The SMILES string of the molecule is CN1CCC(N2c3ccccc3NS2=O)C1. The van der Waals surface area contributed by atoms with Crippen LogP contribution in [0.2, 0.25) is 0 Å². The third-order valence-electron chi connectivity index (χ3n) is 3.22. The van der Waals surface area contributed by atoms with Gasteiger partial charge in [0.25, 0.3) is 0 Å². The van der Waals surface area contributed by atoms with Gasteiger partial charge in [-0.05, 0) is 32.1 Å². The van der Waals surface area contributed by atoms with Gasteiger partial charge in [0.15, 0.2) is 0 Å². The second-order valence-corrected chi connectivity index (χ2v) is 5.49. The molecule has 2 heterocycles. The highest BCUT2D eigenvalue weighted by Gasteiger charge is 2.34. The second kappa shape index (κ2) is 3.75. The number of fused-ring (bicyclic) bond motifs is 1. The van der Waals surface area contributed by atoms with Crippen LogP contribution in [0, 0.1) is 0 Å². The Morgan fingerprint density at radius 2 is 2.25 bits per heavy atom. The molecule has 0 bridgehead atoms. The molecule has 5 heteroatoms. The number of hydrogen-bond acceptors (Lipinski definition) is 2. The molecule has 2 atom stereocenters. The Hall–Kier alpha value is -1.07. The predicted octanol–water partition coefficient (Wildman–Crippen LogP) is 1.20. The Kier molecular flexibility index (Phi) is 2.37. The summed E-state index contributed by atoms with van der Waals surface area (Å²) in [5, 5.41) is 0. The highest BCUT2D eigenvalue weighted by molar-refractivity contribution is 7.88. The molecular weight excluding hydrogens is 222 g/mol. The molecule has 0 radical (unpaired) electrons. The lowest BCUT2D eigenvalue weighted by molar-refractivity contribution is 0.412. The average molecular weight is 237 g/mol. The van der Waals surface area contributed by atoms with E-state index >= 15 is 0 Å². The minimum Gasteiger partial charge on any atom is -0.304 e. The van der Waals surface area contributed by atoms with Crippen molar-refractivity contribution in [2.45, 2.75) is 12.5 Å². The molecule has 0 aliphatic carbocycles. The van der Waals surface area contributed by atoms with Gasteiger partial charge in [-0.1, -0.05) is 12.1 Å². The van der Waals surface area contributed by atoms with Gasteiger partial charge < -0.3 is 4.90 Å². The van der Waals surface area contributed by atoms with Gasteiger partial charge in [0.1, 0.15) is 0 Å². The van der Waals surface area contributed by atoms with Crippen LogP contribution in [0.3, 0.4) is 0 Å². The lowest BCUT2D eigenvalue weighted by Gasteiger charge is -2.23. The van der Waals surface area contributed by atoms with Gasteiger partial charge in [0.2, 0.25) is 11.2 Å². The molecule has 1 saturated heterocycles. The standard InChI is InChI=1S/C11H15N3OS/c1-13-7-6-9(8-13)14-11-5-3-2-4-10(11)12-16(14)15/h2-5,9,12H,6-8H2,1H3. The predicted molar refractivity (Wildman–Crippen MR) is 66.6 cm³/mol. The lowest BCUT2D eigenvalue weighted by Crippen LogP contribution is -2.37. The number of benzene rings is 1. The Labute approximate surface area is 98.0 Å². The fourth-order valence-electron chi connectivity index (χ4n) is 2.42. The van der Waals surface area contributed by atoms with Gasteiger partial charge in [0, 0.05) is 6.54 Å². The first-order valence-electron chi connectivity index (χ1n) is 5.51. The largest absolute Gasteiger partial charge is 0.304 e. The van der Waals surface area contributed by atoms with Crippen molar-refractivity contribution in [2.24, 2.45) is 0 Å². The molecule has 2 aliphatic rings. The van der Waals surface area contributed by atoms with Gasteiger partial charge in [-0.25, -0.2) is 4.21 Å². The van der Waals surface area contributed by atoms with Crippen LogP contribution in [0.5, 0.6) is 0 Å². The van der Waals surface area contributed by atoms with E-state index in [1.807, 2.05) is 28.6 Å². The Balaban J connectivity index is 1.93. The van der Waals surface area contributed by atoms with Crippen molar-refractivity contribution in [3.63, 3.8) is 0 Å². The van der Waals surface area contributed by atoms with Gasteiger partial charge in [-0.15, -0.1) is 0 Å². The van der Waals surface area contributed by atoms with Gasteiger partial charge in [0.05, 0.1) is 17.4 Å². The number of hydrogen-bond donors (Lipinski definition) is 1. The molecule has 4 nitrogen and oxygen atoms in total. The van der Waals surface area contributed by atoms with E-state index < -0.39 is 11.2 Å². The quantitative estimate of drug-likeness (QED) is 0.796. The highest BCUT2D eigenvalue weighted by Crippen LogP contribution is 2.36. The maximum absolute atomic E-state index is 12.0. The number of likely N-dealkylation sites (N-methyl/N-ethyl adjacent to an activating group) is 1. The maximum Gasteiger partial charge on any atom is 0.223 e. The molecule has 3 rings (SSSR count). The number of rotatable bonds is 1. The van der Waals surface area contributed by atoms with Gasteiger partial charge in [-0.3, -0.25) is 9.03 Å². The molecule has 1 fully saturated rings. The maximum atomic E-state index is 12.0. The zero-order valence-corrected chi connectivity index (χ0v) is 10.0. The van der Waals surface area contributed by atoms with Gasteiger partial charge >= 0.3 is 0 Å². The first-order valence-corrected chi connectivity index (χ1v) is 6.62. The van der Waals surface area contributed by atoms with Crippen LogP contribution in [0.4, 0.5) is 11.4 Å². The van der Waals surface area contributed by atoms with E-state index in [0.29, 0.717) is 6.04 Å². The number of para-hydroxylation sites is 2. The van der Waals surface area contributed by atoms with Gasteiger partial charge in [-0.2, -0.15) is 0 Å². The number of likely N-dealkylation sites (tertiary alicyclic amines) is 1. The number of nitrogens with one attached hydrogen (secondary N) is 1. The molecule has 0 saturated carbocycles. The second-order valence-electron chi connectivity index (χ2n) is 4.40. The van der Waals surface area contributed by atoms with Crippen molar-refractivity contribution < 1.29 is 4.21 Å². The number of anilines is 2. The van der Waals surface area contributed by atoms with Crippen LogP contribution >= 0.6 is 0 Å². The molecule has 16 heavy (non-hydrogen) atoms. The van der Waals surface area contributed by atoms with E-state index in [0.717, 1.165) is 30.9 Å². The van der Waals surface area contributed by atoms with Crippen LogP contribution in [0.1, 0.15) is 6.42 Å². The normalized spacial score (nSPS) is 29.2. The fourth-order valence-corrected chi connectivity index (χ4v) is 3.66. The molecule has 1 aromatic rings. The Morgan fingerprint density at radius 3 is 3.00 bits per heavy atom. The Morgan fingerprint density at radius 1 is 1.44 bits per heavy atom. The van der Waals surface area contributed by atoms with Crippen LogP contribution in [-0.2, 0) is 11.2 Å². The molecule has 2 unspecified atom stereocenters. The van der Waals surface area contributed by atoms with Crippen molar-refractivity contribution in [2.75, 3.05) is 29.2 Å². The molecule has 2 aliphatic heterocycles.